The molecule has 1 aliphatic heterocycles. The number of hydrogen-bond acceptors (Lipinski definition) is 3. The number of carboxylic acids is 1. The average Bonchev–Trinajstić information content (AvgIpc) is 2.82. The molecule has 2 unspecified atom stereocenters. The van der Waals surface area contributed by atoms with Gasteiger partial charge < -0.3 is 5.11 Å². The van der Waals surface area contributed by atoms with Gasteiger partial charge in [-0.15, -0.1) is 0 Å². The predicted molar refractivity (Wildman–Crippen MR) is 55.3 cm³/mol. The molecule has 2 fully saturated rings. The van der Waals surface area contributed by atoms with Crippen LogP contribution in [0.1, 0.15) is 26.7 Å². The lowest BCUT2D eigenvalue weighted by Crippen LogP contribution is -2.37. The van der Waals surface area contributed by atoms with Crippen LogP contribution in [0.4, 0.5) is 0 Å². The van der Waals surface area contributed by atoms with Gasteiger partial charge in [-0.1, -0.05) is 13.8 Å². The molecule has 0 radical (unpaired) electrons. The molecule has 2 rings (SSSR count). The summed E-state index contributed by atoms with van der Waals surface area (Å²) in [6.07, 6.45) is 1.89. The van der Waals surface area contributed by atoms with Crippen LogP contribution in [0, 0.1) is 17.3 Å². The van der Waals surface area contributed by atoms with Crippen molar-refractivity contribution in [3.63, 3.8) is 0 Å². The molecule has 1 amide bonds. The third kappa shape index (κ3) is 1.69. The summed E-state index contributed by atoms with van der Waals surface area (Å²) in [4.78, 5) is 28.2. The Hall–Kier alpha value is -1.10. The highest BCUT2D eigenvalue weighted by molar-refractivity contribution is 5.91. The maximum absolute atomic E-state index is 12.0. The number of nitrogens with zero attached hydrogens (tertiary/aromatic N) is 1. The van der Waals surface area contributed by atoms with E-state index in [1.807, 2.05) is 13.8 Å². The number of carbonyl (C=O) groups is 2. The first-order valence-electron chi connectivity index (χ1n) is 5.63. The highest BCUT2D eigenvalue weighted by Gasteiger charge is 2.66. The molecule has 0 spiro atoms. The number of carboxylic acid groups (broad SMARTS) is 1. The fourth-order valence-corrected chi connectivity index (χ4v) is 2.49. The van der Waals surface area contributed by atoms with Crippen molar-refractivity contribution in [2.75, 3.05) is 13.2 Å². The highest BCUT2D eigenvalue weighted by atomic mass is 16.7. The molecule has 1 heterocycles. The lowest BCUT2D eigenvalue weighted by Gasteiger charge is -2.26. The van der Waals surface area contributed by atoms with Crippen LogP contribution in [-0.2, 0) is 14.4 Å². The zero-order valence-electron chi connectivity index (χ0n) is 9.60. The topological polar surface area (TPSA) is 66.8 Å². The molecule has 2 atom stereocenters. The average molecular weight is 227 g/mol. The van der Waals surface area contributed by atoms with Crippen LogP contribution >= 0.6 is 0 Å². The molecular formula is C11H17NO4. The second-order valence-electron chi connectivity index (χ2n) is 5.10. The van der Waals surface area contributed by atoms with Crippen LogP contribution in [0.15, 0.2) is 0 Å². The van der Waals surface area contributed by atoms with E-state index in [-0.39, 0.29) is 5.91 Å². The molecule has 0 aromatic carbocycles. The number of aliphatic carboxylic acids is 1. The van der Waals surface area contributed by atoms with E-state index in [9.17, 15) is 9.59 Å². The molecule has 0 aromatic rings. The van der Waals surface area contributed by atoms with Crippen LogP contribution in [0.2, 0.25) is 0 Å². The van der Waals surface area contributed by atoms with E-state index in [0.717, 1.165) is 12.8 Å². The van der Waals surface area contributed by atoms with Crippen molar-refractivity contribution >= 4 is 11.9 Å². The summed E-state index contributed by atoms with van der Waals surface area (Å²) in [7, 11) is 0. The van der Waals surface area contributed by atoms with E-state index in [1.165, 1.54) is 5.06 Å². The quantitative estimate of drug-likeness (QED) is 0.761. The molecule has 1 saturated heterocycles. The fraction of sp³-hybridized carbons (Fsp3) is 0.818. The molecule has 1 saturated carbocycles. The summed E-state index contributed by atoms with van der Waals surface area (Å²) in [5.41, 5.74) is -0.441. The Labute approximate surface area is 94.3 Å². The third-order valence-corrected chi connectivity index (χ3v) is 3.61. The first kappa shape index (κ1) is 11.4. The molecule has 2 aliphatic rings. The van der Waals surface area contributed by atoms with Gasteiger partial charge in [0.15, 0.2) is 0 Å². The fourth-order valence-electron chi connectivity index (χ4n) is 2.49. The van der Waals surface area contributed by atoms with Crippen molar-refractivity contribution in [3.05, 3.63) is 0 Å². The minimum Gasteiger partial charge on any atom is -0.481 e. The number of hydroxylamine groups is 2. The Kier molecular flexibility index (Phi) is 2.66. The van der Waals surface area contributed by atoms with Gasteiger partial charge in [0.25, 0.3) is 5.91 Å². The predicted octanol–water partition coefficient (Wildman–Crippen LogP) is 0.897. The van der Waals surface area contributed by atoms with Crippen molar-refractivity contribution in [1.29, 1.82) is 0 Å². The molecule has 5 heteroatoms. The standard InChI is InChI=1S/C11H17NO4/c1-11(2)7(8(11)10(14)15)9(13)12-5-3-4-6-16-12/h7-8H,3-6H2,1-2H3,(H,14,15). The summed E-state index contributed by atoms with van der Waals surface area (Å²) in [6, 6.07) is 0. The number of hydrogen-bond donors (Lipinski definition) is 1. The lowest BCUT2D eigenvalue weighted by molar-refractivity contribution is -0.199. The Balaban J connectivity index is 2.03. The van der Waals surface area contributed by atoms with E-state index in [1.54, 1.807) is 0 Å². The van der Waals surface area contributed by atoms with Gasteiger partial charge in [0.2, 0.25) is 0 Å². The number of amides is 1. The van der Waals surface area contributed by atoms with Crippen molar-refractivity contribution in [2.45, 2.75) is 26.7 Å². The van der Waals surface area contributed by atoms with Crippen LogP contribution in [0.3, 0.4) is 0 Å². The maximum Gasteiger partial charge on any atom is 0.307 e. The van der Waals surface area contributed by atoms with Gasteiger partial charge >= 0.3 is 5.97 Å². The minimum absolute atomic E-state index is 0.169. The SMILES string of the molecule is CC1(C)C(C(=O)O)C1C(=O)N1CCCCO1. The van der Waals surface area contributed by atoms with Gasteiger partial charge in [-0.3, -0.25) is 14.4 Å². The smallest absolute Gasteiger partial charge is 0.307 e. The van der Waals surface area contributed by atoms with E-state index >= 15 is 0 Å². The van der Waals surface area contributed by atoms with Crippen LogP contribution < -0.4 is 0 Å². The van der Waals surface area contributed by atoms with Gasteiger partial charge in [-0.2, -0.15) is 0 Å². The molecule has 0 bridgehead atoms. The van der Waals surface area contributed by atoms with Crippen molar-refractivity contribution in [2.24, 2.45) is 17.3 Å². The molecular weight excluding hydrogens is 210 g/mol. The Bertz CT molecular complexity index is 320. The summed E-state index contributed by atoms with van der Waals surface area (Å²) < 4.78 is 0. The number of rotatable bonds is 2. The molecule has 5 nitrogen and oxygen atoms in total. The zero-order chi connectivity index (χ0) is 11.9. The number of carbonyl (C=O) groups excluding carboxylic acids is 1. The van der Waals surface area contributed by atoms with Crippen LogP contribution in [0.5, 0.6) is 0 Å². The van der Waals surface area contributed by atoms with E-state index in [2.05, 4.69) is 0 Å². The molecule has 90 valence electrons. The van der Waals surface area contributed by atoms with E-state index in [0.29, 0.717) is 13.2 Å². The highest BCUT2D eigenvalue weighted by Crippen LogP contribution is 2.59. The molecule has 0 aromatic heterocycles. The van der Waals surface area contributed by atoms with Crippen molar-refractivity contribution in [1.82, 2.24) is 5.06 Å². The summed E-state index contributed by atoms with van der Waals surface area (Å²) in [5.74, 6) is -2.05. The summed E-state index contributed by atoms with van der Waals surface area (Å²) in [6.45, 7) is 4.77. The van der Waals surface area contributed by atoms with Gasteiger partial charge in [-0.25, -0.2) is 5.06 Å². The van der Waals surface area contributed by atoms with E-state index in [4.69, 9.17) is 9.94 Å². The lowest BCUT2D eigenvalue weighted by atomic mass is 10.1. The normalized spacial score (nSPS) is 32.2. The Morgan fingerprint density at radius 1 is 1.31 bits per heavy atom. The van der Waals surface area contributed by atoms with Gasteiger partial charge in [0.1, 0.15) is 0 Å². The Morgan fingerprint density at radius 2 is 2.00 bits per heavy atom. The van der Waals surface area contributed by atoms with Gasteiger partial charge in [-0.05, 0) is 18.3 Å². The molecule has 1 aliphatic carbocycles. The summed E-state index contributed by atoms with van der Waals surface area (Å²) >= 11 is 0. The van der Waals surface area contributed by atoms with Crippen molar-refractivity contribution < 1.29 is 19.5 Å². The largest absolute Gasteiger partial charge is 0.481 e. The molecule has 1 N–H and O–H groups in total. The monoisotopic (exact) mass is 227 g/mol. The van der Waals surface area contributed by atoms with Crippen LogP contribution in [-0.4, -0.2) is 35.2 Å². The summed E-state index contributed by atoms with van der Waals surface area (Å²) in [5, 5.41) is 10.3. The minimum atomic E-state index is -0.889. The molecule has 16 heavy (non-hydrogen) atoms. The van der Waals surface area contributed by atoms with Crippen molar-refractivity contribution in [3.8, 4) is 0 Å². The van der Waals surface area contributed by atoms with Gasteiger partial charge in [0, 0.05) is 6.54 Å². The first-order chi connectivity index (χ1) is 7.46. The second-order valence-corrected chi connectivity index (χ2v) is 5.10. The third-order valence-electron chi connectivity index (χ3n) is 3.61. The maximum atomic E-state index is 12.0. The van der Waals surface area contributed by atoms with Gasteiger partial charge in [0.05, 0.1) is 18.4 Å². The Morgan fingerprint density at radius 3 is 2.44 bits per heavy atom. The second kappa shape index (κ2) is 3.73. The zero-order valence-corrected chi connectivity index (χ0v) is 9.60. The van der Waals surface area contributed by atoms with Crippen LogP contribution in [0.25, 0.3) is 0 Å². The van der Waals surface area contributed by atoms with E-state index < -0.39 is 23.2 Å². The first-order valence-corrected chi connectivity index (χ1v) is 5.63.